The number of likely N-dealkylation sites (N-methyl/N-ethyl adjacent to an activating group) is 1. The summed E-state index contributed by atoms with van der Waals surface area (Å²) in [5, 5.41) is 2.86. The van der Waals surface area contributed by atoms with E-state index in [1.807, 2.05) is 0 Å². The number of nitrogens with zero attached hydrogens (tertiary/aromatic N) is 3. The topological polar surface area (TPSA) is 107 Å². The maximum absolute atomic E-state index is 12.2. The molecule has 116 valence electrons. The lowest BCUT2D eigenvalue weighted by Gasteiger charge is -2.41. The van der Waals surface area contributed by atoms with Gasteiger partial charge in [-0.15, -0.1) is 0 Å². The molecule has 2 heterocycles. The predicted molar refractivity (Wildman–Crippen MR) is 82.8 cm³/mol. The van der Waals surface area contributed by atoms with Gasteiger partial charge >= 0.3 is 0 Å². The van der Waals surface area contributed by atoms with Gasteiger partial charge in [0.05, 0.1) is 27.2 Å². The van der Waals surface area contributed by atoms with Crippen LogP contribution in [0, 0.1) is 0 Å². The molecule has 0 radical (unpaired) electrons. The molecule has 1 aromatic rings. The van der Waals surface area contributed by atoms with Crippen LogP contribution >= 0.6 is 11.6 Å². The Kier molecular flexibility index (Phi) is 4.53. The second kappa shape index (κ2) is 6.03. The van der Waals surface area contributed by atoms with Crippen molar-refractivity contribution in [1.82, 2.24) is 15.3 Å². The number of halogens is 1. The number of nitrogens with one attached hydrogen (secondary N) is 1. The smallest absolute Gasteiger partial charge is 0.274 e. The maximum Gasteiger partial charge on any atom is 0.274 e. The van der Waals surface area contributed by atoms with Gasteiger partial charge in [0.15, 0.2) is 22.5 Å². The molecule has 0 aliphatic carbocycles. The van der Waals surface area contributed by atoms with Crippen molar-refractivity contribution in [2.45, 2.75) is 25.3 Å². The van der Waals surface area contributed by atoms with Gasteiger partial charge in [0.25, 0.3) is 5.91 Å². The van der Waals surface area contributed by atoms with Gasteiger partial charge in [0.1, 0.15) is 6.04 Å². The standard InChI is InChI=1S/C13H21ClN6O/c1-20(2)6-4-3-5-8(20)7-17-13(21)9-11(15)19-12(16)10(14)18-9/h8H,3-7H2,1-2H3,(H4-,15,16,17,19,21)/p+1. The van der Waals surface area contributed by atoms with Crippen molar-refractivity contribution < 1.29 is 9.28 Å². The first-order chi connectivity index (χ1) is 9.81. The van der Waals surface area contributed by atoms with E-state index < -0.39 is 0 Å². The molecule has 0 saturated carbocycles. The zero-order chi connectivity index (χ0) is 15.6. The summed E-state index contributed by atoms with van der Waals surface area (Å²) in [5.41, 5.74) is 11.2. The van der Waals surface area contributed by atoms with Crippen molar-refractivity contribution in [3.05, 3.63) is 10.8 Å². The summed E-state index contributed by atoms with van der Waals surface area (Å²) in [6.07, 6.45) is 3.51. The van der Waals surface area contributed by atoms with Crippen LogP contribution in [0.3, 0.4) is 0 Å². The fourth-order valence-electron chi connectivity index (χ4n) is 2.68. The molecule has 1 fully saturated rings. The molecule has 1 aliphatic heterocycles. The first-order valence-electron chi connectivity index (χ1n) is 7.00. The van der Waals surface area contributed by atoms with E-state index >= 15 is 0 Å². The Morgan fingerprint density at radius 1 is 1.33 bits per heavy atom. The number of aromatic nitrogens is 2. The molecule has 7 nitrogen and oxygen atoms in total. The fraction of sp³-hybridized carbons (Fsp3) is 0.615. The van der Waals surface area contributed by atoms with Crippen LogP contribution in [0.5, 0.6) is 0 Å². The molecule has 0 spiro atoms. The van der Waals surface area contributed by atoms with Crippen LogP contribution in [0.4, 0.5) is 11.6 Å². The van der Waals surface area contributed by atoms with Gasteiger partial charge in [-0.3, -0.25) is 4.79 Å². The molecule has 0 bridgehead atoms. The Morgan fingerprint density at radius 2 is 2.05 bits per heavy atom. The quantitative estimate of drug-likeness (QED) is 0.710. The zero-order valence-corrected chi connectivity index (χ0v) is 13.2. The van der Waals surface area contributed by atoms with E-state index in [0.29, 0.717) is 12.6 Å². The number of nitrogen functional groups attached to an aromatic ring is 2. The van der Waals surface area contributed by atoms with Gasteiger partial charge in [-0.05, 0) is 12.8 Å². The highest BCUT2D eigenvalue weighted by Crippen LogP contribution is 2.21. The minimum absolute atomic E-state index is 0.00760. The van der Waals surface area contributed by atoms with Crippen LogP contribution in [0.2, 0.25) is 5.15 Å². The van der Waals surface area contributed by atoms with Crippen molar-refractivity contribution in [3.8, 4) is 0 Å². The zero-order valence-electron chi connectivity index (χ0n) is 12.4. The summed E-state index contributed by atoms with van der Waals surface area (Å²) >= 11 is 5.79. The second-order valence-electron chi connectivity index (χ2n) is 6.00. The molecule has 21 heavy (non-hydrogen) atoms. The van der Waals surface area contributed by atoms with Gasteiger partial charge in [-0.2, -0.15) is 0 Å². The lowest BCUT2D eigenvalue weighted by molar-refractivity contribution is -0.918. The highest BCUT2D eigenvalue weighted by Gasteiger charge is 2.31. The molecule has 1 aliphatic rings. The summed E-state index contributed by atoms with van der Waals surface area (Å²) in [4.78, 5) is 19.9. The largest absolute Gasteiger partial charge is 0.382 e. The number of carbonyl (C=O) groups excluding carboxylic acids is 1. The van der Waals surface area contributed by atoms with E-state index in [-0.39, 0.29) is 28.4 Å². The number of quaternary nitrogens is 1. The van der Waals surface area contributed by atoms with Gasteiger partial charge in [0, 0.05) is 6.42 Å². The highest BCUT2D eigenvalue weighted by atomic mass is 35.5. The Morgan fingerprint density at radius 3 is 2.71 bits per heavy atom. The van der Waals surface area contributed by atoms with Gasteiger partial charge in [0.2, 0.25) is 0 Å². The number of rotatable bonds is 3. The van der Waals surface area contributed by atoms with Crippen molar-refractivity contribution in [3.63, 3.8) is 0 Å². The third-order valence-electron chi connectivity index (χ3n) is 4.13. The summed E-state index contributed by atoms with van der Waals surface area (Å²) in [5.74, 6) is -0.352. The summed E-state index contributed by atoms with van der Waals surface area (Å²) < 4.78 is 0.907. The first kappa shape index (κ1) is 15.8. The number of carbonyl (C=O) groups is 1. The molecule has 1 unspecified atom stereocenters. The normalized spacial score (nSPS) is 21.0. The molecule has 5 N–H and O–H groups in total. The van der Waals surface area contributed by atoms with Crippen LogP contribution in [0.15, 0.2) is 0 Å². The summed E-state index contributed by atoms with van der Waals surface area (Å²) in [6, 6.07) is 0.390. The van der Waals surface area contributed by atoms with Crippen molar-refractivity contribution >= 4 is 29.1 Å². The molecular formula is C13H22ClN6O+. The molecular weight excluding hydrogens is 292 g/mol. The molecule has 0 aromatic carbocycles. The summed E-state index contributed by atoms with van der Waals surface area (Å²) in [7, 11) is 4.37. The number of anilines is 2. The fourth-order valence-corrected chi connectivity index (χ4v) is 2.81. The van der Waals surface area contributed by atoms with Gasteiger partial charge < -0.3 is 21.3 Å². The molecule has 2 rings (SSSR count). The monoisotopic (exact) mass is 313 g/mol. The average Bonchev–Trinajstić information content (AvgIpc) is 2.41. The van der Waals surface area contributed by atoms with Crippen LogP contribution in [-0.4, -0.2) is 53.6 Å². The van der Waals surface area contributed by atoms with E-state index in [2.05, 4.69) is 29.4 Å². The number of piperidine rings is 1. The SMILES string of the molecule is C[N+]1(C)CCCCC1CNC(=O)c1nc(Cl)c(N)nc1N. The second-order valence-corrected chi connectivity index (χ2v) is 6.35. The van der Waals surface area contributed by atoms with Gasteiger partial charge in [-0.1, -0.05) is 11.6 Å². The number of amides is 1. The van der Waals surface area contributed by atoms with E-state index in [1.54, 1.807) is 0 Å². The van der Waals surface area contributed by atoms with Crippen LogP contribution < -0.4 is 16.8 Å². The van der Waals surface area contributed by atoms with Crippen LogP contribution in [0.25, 0.3) is 0 Å². The van der Waals surface area contributed by atoms with E-state index in [4.69, 9.17) is 23.1 Å². The lowest BCUT2D eigenvalue weighted by Crippen LogP contribution is -2.56. The number of nitrogens with two attached hydrogens (primary N) is 2. The Balaban J connectivity index is 2.03. The van der Waals surface area contributed by atoms with Crippen LogP contribution in [-0.2, 0) is 0 Å². The number of hydrogen-bond donors (Lipinski definition) is 3. The predicted octanol–water partition coefficient (Wildman–Crippen LogP) is 0.653. The average molecular weight is 314 g/mol. The minimum Gasteiger partial charge on any atom is -0.382 e. The van der Waals surface area contributed by atoms with Gasteiger partial charge in [-0.25, -0.2) is 9.97 Å². The Labute approximate surface area is 129 Å². The molecule has 1 atom stereocenters. The van der Waals surface area contributed by atoms with Crippen molar-refractivity contribution in [2.24, 2.45) is 0 Å². The maximum atomic E-state index is 12.2. The van der Waals surface area contributed by atoms with Crippen molar-refractivity contribution in [2.75, 3.05) is 38.7 Å². The summed E-state index contributed by atoms with van der Waals surface area (Å²) in [6.45, 7) is 1.70. The minimum atomic E-state index is -0.368. The highest BCUT2D eigenvalue weighted by molar-refractivity contribution is 6.31. The Hall–Kier alpha value is -1.60. The van der Waals surface area contributed by atoms with Crippen molar-refractivity contribution in [1.29, 1.82) is 0 Å². The number of likely N-dealkylation sites (tertiary alicyclic amines) is 1. The van der Waals surface area contributed by atoms with E-state index in [0.717, 1.165) is 17.4 Å². The Bertz CT molecular complexity index is 548. The lowest BCUT2D eigenvalue weighted by atomic mass is 10.0. The molecule has 1 amide bonds. The molecule has 1 saturated heterocycles. The number of hydrogen-bond acceptors (Lipinski definition) is 5. The first-order valence-corrected chi connectivity index (χ1v) is 7.38. The molecule has 8 heteroatoms. The van der Waals surface area contributed by atoms with Crippen LogP contribution in [0.1, 0.15) is 29.8 Å². The third-order valence-corrected chi connectivity index (χ3v) is 4.41. The van der Waals surface area contributed by atoms with E-state index in [9.17, 15) is 4.79 Å². The van der Waals surface area contributed by atoms with E-state index in [1.165, 1.54) is 12.8 Å². The molecule has 1 aromatic heterocycles. The third kappa shape index (κ3) is 3.54.